The predicted octanol–water partition coefficient (Wildman–Crippen LogP) is 3.25. The smallest absolute Gasteiger partial charge is 0.202 e. The highest BCUT2D eigenvalue weighted by molar-refractivity contribution is 5.68. The standard InChI is InChI=1S/C16H19NO2/c1-11(2)9-13-10-14(18)15(16(17-13)19-3)12-7-5-4-6-8-12/h4-8,10-11H,9H2,1-3H3,(H,17,18). The van der Waals surface area contributed by atoms with E-state index in [0.29, 0.717) is 17.4 Å². The molecule has 3 nitrogen and oxygen atoms in total. The van der Waals surface area contributed by atoms with Crippen LogP contribution in [0.5, 0.6) is 5.88 Å². The highest BCUT2D eigenvalue weighted by Crippen LogP contribution is 2.24. The zero-order valence-electron chi connectivity index (χ0n) is 11.6. The Bertz CT molecular complexity index is 600. The zero-order chi connectivity index (χ0) is 13.8. The number of hydrogen-bond donors (Lipinski definition) is 1. The fourth-order valence-electron chi connectivity index (χ4n) is 2.17. The molecule has 0 fully saturated rings. The second-order valence-corrected chi connectivity index (χ2v) is 5.03. The van der Waals surface area contributed by atoms with E-state index in [1.807, 2.05) is 30.3 Å². The molecule has 0 aliphatic carbocycles. The Labute approximate surface area is 113 Å². The number of aromatic amines is 1. The van der Waals surface area contributed by atoms with Crippen molar-refractivity contribution in [3.8, 4) is 17.0 Å². The summed E-state index contributed by atoms with van der Waals surface area (Å²) in [5, 5.41) is 0. The van der Waals surface area contributed by atoms with Gasteiger partial charge in [0.05, 0.1) is 12.7 Å². The van der Waals surface area contributed by atoms with E-state index in [-0.39, 0.29) is 5.43 Å². The van der Waals surface area contributed by atoms with Gasteiger partial charge in [-0.1, -0.05) is 44.2 Å². The molecule has 2 rings (SSSR count). The van der Waals surface area contributed by atoms with Gasteiger partial charge in [-0.05, 0) is 17.9 Å². The Balaban J connectivity index is 2.54. The highest BCUT2D eigenvalue weighted by Gasteiger charge is 2.12. The molecule has 0 spiro atoms. The van der Waals surface area contributed by atoms with Crippen molar-refractivity contribution in [1.82, 2.24) is 4.98 Å². The van der Waals surface area contributed by atoms with Crippen LogP contribution in [0.1, 0.15) is 19.5 Å². The van der Waals surface area contributed by atoms with Crippen LogP contribution in [0, 0.1) is 5.92 Å². The maximum absolute atomic E-state index is 12.3. The van der Waals surface area contributed by atoms with Gasteiger partial charge in [0.15, 0.2) is 5.43 Å². The van der Waals surface area contributed by atoms with E-state index in [4.69, 9.17) is 4.74 Å². The lowest BCUT2D eigenvalue weighted by Crippen LogP contribution is -2.11. The van der Waals surface area contributed by atoms with Gasteiger partial charge in [0.25, 0.3) is 0 Å². The van der Waals surface area contributed by atoms with Crippen LogP contribution in [0.3, 0.4) is 0 Å². The minimum absolute atomic E-state index is 0.00236. The molecular formula is C16H19NO2. The van der Waals surface area contributed by atoms with Gasteiger partial charge in [0.1, 0.15) is 0 Å². The third-order valence-corrected chi connectivity index (χ3v) is 2.95. The van der Waals surface area contributed by atoms with Crippen LogP contribution < -0.4 is 10.2 Å². The van der Waals surface area contributed by atoms with Crippen molar-refractivity contribution in [2.24, 2.45) is 5.92 Å². The molecule has 0 saturated heterocycles. The lowest BCUT2D eigenvalue weighted by molar-refractivity contribution is 0.396. The lowest BCUT2D eigenvalue weighted by Gasteiger charge is -2.11. The first kappa shape index (κ1) is 13.4. The van der Waals surface area contributed by atoms with Crippen molar-refractivity contribution in [3.63, 3.8) is 0 Å². The Hall–Kier alpha value is -2.03. The quantitative estimate of drug-likeness (QED) is 0.913. The van der Waals surface area contributed by atoms with E-state index < -0.39 is 0 Å². The number of ether oxygens (including phenoxy) is 1. The number of nitrogens with one attached hydrogen (secondary N) is 1. The highest BCUT2D eigenvalue weighted by atomic mass is 16.5. The SMILES string of the molecule is COc1[nH]c(CC(C)C)cc(=O)c1-c1ccccc1. The van der Waals surface area contributed by atoms with E-state index in [2.05, 4.69) is 18.8 Å². The van der Waals surface area contributed by atoms with Gasteiger partial charge in [-0.3, -0.25) is 4.79 Å². The first-order valence-electron chi connectivity index (χ1n) is 6.47. The second-order valence-electron chi connectivity index (χ2n) is 5.03. The minimum Gasteiger partial charge on any atom is -0.482 e. The van der Waals surface area contributed by atoms with Crippen molar-refractivity contribution in [3.05, 3.63) is 52.3 Å². The molecule has 1 aromatic heterocycles. The summed E-state index contributed by atoms with van der Waals surface area (Å²) in [7, 11) is 1.58. The van der Waals surface area contributed by atoms with Crippen LogP contribution in [-0.4, -0.2) is 12.1 Å². The van der Waals surface area contributed by atoms with Gasteiger partial charge < -0.3 is 9.72 Å². The van der Waals surface area contributed by atoms with Crippen molar-refractivity contribution < 1.29 is 4.74 Å². The van der Waals surface area contributed by atoms with E-state index >= 15 is 0 Å². The molecule has 3 heteroatoms. The van der Waals surface area contributed by atoms with Crippen molar-refractivity contribution >= 4 is 0 Å². The average Bonchev–Trinajstić information content (AvgIpc) is 2.38. The normalized spacial score (nSPS) is 10.7. The third-order valence-electron chi connectivity index (χ3n) is 2.95. The summed E-state index contributed by atoms with van der Waals surface area (Å²) >= 11 is 0. The Morgan fingerprint density at radius 1 is 1.21 bits per heavy atom. The van der Waals surface area contributed by atoms with Crippen LogP contribution in [0.2, 0.25) is 0 Å². The van der Waals surface area contributed by atoms with E-state index in [9.17, 15) is 4.79 Å². The maximum atomic E-state index is 12.3. The van der Waals surface area contributed by atoms with Crippen molar-refractivity contribution in [2.75, 3.05) is 7.11 Å². The minimum atomic E-state index is -0.00236. The largest absolute Gasteiger partial charge is 0.482 e. The third kappa shape index (κ3) is 3.05. The van der Waals surface area contributed by atoms with Crippen LogP contribution in [0.25, 0.3) is 11.1 Å². The van der Waals surface area contributed by atoms with Gasteiger partial charge in [-0.2, -0.15) is 0 Å². The summed E-state index contributed by atoms with van der Waals surface area (Å²) in [4.78, 5) is 15.5. The molecule has 1 heterocycles. The Morgan fingerprint density at radius 2 is 1.89 bits per heavy atom. The van der Waals surface area contributed by atoms with Crippen LogP contribution in [0.4, 0.5) is 0 Å². The second kappa shape index (κ2) is 5.74. The lowest BCUT2D eigenvalue weighted by atomic mass is 10.0. The molecule has 100 valence electrons. The molecule has 1 N–H and O–H groups in total. The molecule has 0 radical (unpaired) electrons. The summed E-state index contributed by atoms with van der Waals surface area (Å²) < 4.78 is 5.35. The number of rotatable bonds is 4. The van der Waals surface area contributed by atoms with Crippen LogP contribution in [-0.2, 0) is 6.42 Å². The molecule has 0 amide bonds. The summed E-state index contributed by atoms with van der Waals surface area (Å²) in [5.41, 5.74) is 2.38. The van der Waals surface area contributed by atoms with Crippen LogP contribution in [0.15, 0.2) is 41.2 Å². The first-order chi connectivity index (χ1) is 9.11. The van der Waals surface area contributed by atoms with E-state index in [1.54, 1.807) is 13.2 Å². The van der Waals surface area contributed by atoms with E-state index in [1.165, 1.54) is 0 Å². The fraction of sp³-hybridized carbons (Fsp3) is 0.312. The molecule has 0 saturated carbocycles. The predicted molar refractivity (Wildman–Crippen MR) is 77.6 cm³/mol. The number of hydrogen-bond acceptors (Lipinski definition) is 2. The number of pyridine rings is 1. The summed E-state index contributed by atoms with van der Waals surface area (Å²) in [5.74, 6) is 1.03. The van der Waals surface area contributed by atoms with E-state index in [0.717, 1.165) is 17.7 Å². The van der Waals surface area contributed by atoms with Gasteiger partial charge in [0, 0.05) is 11.8 Å². The molecular weight excluding hydrogens is 238 g/mol. The molecule has 19 heavy (non-hydrogen) atoms. The number of aromatic nitrogens is 1. The molecule has 2 aromatic rings. The van der Waals surface area contributed by atoms with Crippen molar-refractivity contribution in [2.45, 2.75) is 20.3 Å². The molecule has 1 aromatic carbocycles. The Kier molecular flexibility index (Phi) is 4.05. The van der Waals surface area contributed by atoms with Crippen LogP contribution >= 0.6 is 0 Å². The first-order valence-corrected chi connectivity index (χ1v) is 6.47. The molecule has 0 bridgehead atoms. The van der Waals surface area contributed by atoms with Gasteiger partial charge in [-0.25, -0.2) is 0 Å². The maximum Gasteiger partial charge on any atom is 0.202 e. The molecule has 0 aliphatic rings. The fourth-order valence-corrected chi connectivity index (χ4v) is 2.17. The number of H-pyrrole nitrogens is 1. The van der Waals surface area contributed by atoms with Gasteiger partial charge in [-0.15, -0.1) is 0 Å². The monoisotopic (exact) mass is 257 g/mol. The summed E-state index contributed by atoms with van der Waals surface area (Å²) in [6, 6.07) is 11.2. The van der Waals surface area contributed by atoms with Gasteiger partial charge in [0.2, 0.25) is 5.88 Å². The zero-order valence-corrected chi connectivity index (χ0v) is 11.6. The average molecular weight is 257 g/mol. The van der Waals surface area contributed by atoms with Gasteiger partial charge >= 0.3 is 0 Å². The number of methoxy groups -OCH3 is 1. The number of benzene rings is 1. The van der Waals surface area contributed by atoms with Crippen molar-refractivity contribution in [1.29, 1.82) is 0 Å². The summed E-state index contributed by atoms with van der Waals surface area (Å²) in [6.45, 7) is 4.24. The summed E-state index contributed by atoms with van der Waals surface area (Å²) in [6.07, 6.45) is 0.834. The molecule has 0 atom stereocenters. The molecule has 0 aliphatic heterocycles. The Morgan fingerprint density at radius 3 is 2.47 bits per heavy atom. The topological polar surface area (TPSA) is 42.1 Å². The molecule has 0 unspecified atom stereocenters.